The van der Waals surface area contributed by atoms with Gasteiger partial charge < -0.3 is 9.47 Å². The van der Waals surface area contributed by atoms with E-state index in [1.165, 1.54) is 6.92 Å². The first kappa shape index (κ1) is 12.7. The molecule has 2 atom stereocenters. The lowest BCUT2D eigenvalue weighted by Crippen LogP contribution is -2.36. The fourth-order valence-corrected chi connectivity index (χ4v) is 1.90. The third-order valence-electron chi connectivity index (χ3n) is 2.72. The molecule has 94 valence electrons. The molecule has 1 aromatic carbocycles. The van der Waals surface area contributed by atoms with Crippen LogP contribution in [0.3, 0.4) is 0 Å². The summed E-state index contributed by atoms with van der Waals surface area (Å²) in [7, 11) is 0. The van der Waals surface area contributed by atoms with E-state index in [4.69, 9.17) is 9.47 Å². The molecule has 3 heteroatoms. The molecule has 0 aromatic heterocycles. The molecule has 0 saturated carbocycles. The van der Waals surface area contributed by atoms with Gasteiger partial charge in [0.2, 0.25) is 0 Å². The molecule has 1 fully saturated rings. The summed E-state index contributed by atoms with van der Waals surface area (Å²) >= 11 is 0. The molecule has 0 unspecified atom stereocenters. The number of carbonyl (C=O) groups excluding carboxylic acids is 1. The van der Waals surface area contributed by atoms with Crippen molar-refractivity contribution >= 4 is 5.97 Å². The summed E-state index contributed by atoms with van der Waals surface area (Å²) in [5.74, 6) is 5.81. The second-order valence-electron chi connectivity index (χ2n) is 4.22. The highest BCUT2D eigenvalue weighted by molar-refractivity contribution is 5.66. The molecule has 1 saturated heterocycles. The zero-order valence-electron chi connectivity index (χ0n) is 10.4. The van der Waals surface area contributed by atoms with Gasteiger partial charge in [0.15, 0.2) is 6.10 Å². The van der Waals surface area contributed by atoms with E-state index >= 15 is 0 Å². The molecule has 1 heterocycles. The SMILES string of the molecule is CC(=O)O[C@@H]1CCCO[C@@H]1C#Cc1ccccc1. The van der Waals surface area contributed by atoms with Crippen LogP contribution in [0.15, 0.2) is 30.3 Å². The minimum absolute atomic E-state index is 0.243. The van der Waals surface area contributed by atoms with Crippen LogP contribution in [0, 0.1) is 11.8 Å². The predicted molar refractivity (Wildman–Crippen MR) is 67.8 cm³/mol. The lowest BCUT2D eigenvalue weighted by atomic mass is 10.1. The smallest absolute Gasteiger partial charge is 0.303 e. The summed E-state index contributed by atoms with van der Waals surface area (Å²) < 4.78 is 10.8. The Labute approximate surface area is 107 Å². The number of ether oxygens (including phenoxy) is 2. The minimum atomic E-state index is -0.317. The van der Waals surface area contributed by atoms with Crippen molar-refractivity contribution < 1.29 is 14.3 Å². The molecule has 0 bridgehead atoms. The van der Waals surface area contributed by atoms with Gasteiger partial charge in [-0.2, -0.15) is 0 Å². The number of hydrogen-bond acceptors (Lipinski definition) is 3. The van der Waals surface area contributed by atoms with E-state index in [1.54, 1.807) is 0 Å². The Bertz CT molecular complexity index is 456. The summed E-state index contributed by atoms with van der Waals surface area (Å²) in [4.78, 5) is 11.0. The molecule has 3 nitrogen and oxygen atoms in total. The Kier molecular flexibility index (Phi) is 4.38. The fourth-order valence-electron chi connectivity index (χ4n) is 1.90. The fraction of sp³-hybridized carbons (Fsp3) is 0.400. The van der Waals surface area contributed by atoms with Crippen molar-refractivity contribution in [2.45, 2.75) is 32.0 Å². The molecule has 0 spiro atoms. The van der Waals surface area contributed by atoms with Gasteiger partial charge in [0.05, 0.1) is 0 Å². The third-order valence-corrected chi connectivity index (χ3v) is 2.72. The molecule has 2 rings (SSSR count). The monoisotopic (exact) mass is 244 g/mol. The van der Waals surface area contributed by atoms with E-state index in [2.05, 4.69) is 11.8 Å². The number of esters is 1. The first-order valence-electron chi connectivity index (χ1n) is 6.11. The average molecular weight is 244 g/mol. The van der Waals surface area contributed by atoms with Crippen LogP contribution in [0.5, 0.6) is 0 Å². The molecule has 18 heavy (non-hydrogen) atoms. The summed E-state index contributed by atoms with van der Waals surface area (Å²) in [6.07, 6.45) is 1.16. The Morgan fingerprint density at radius 2 is 2.17 bits per heavy atom. The summed E-state index contributed by atoms with van der Waals surface area (Å²) in [6.45, 7) is 2.09. The van der Waals surface area contributed by atoms with Gasteiger partial charge in [-0.3, -0.25) is 4.79 Å². The number of benzene rings is 1. The van der Waals surface area contributed by atoms with Crippen LogP contribution >= 0.6 is 0 Å². The zero-order chi connectivity index (χ0) is 12.8. The zero-order valence-corrected chi connectivity index (χ0v) is 10.4. The van der Waals surface area contributed by atoms with Crippen molar-refractivity contribution in [2.24, 2.45) is 0 Å². The highest BCUT2D eigenvalue weighted by atomic mass is 16.6. The van der Waals surface area contributed by atoms with Gasteiger partial charge in [0, 0.05) is 19.1 Å². The first-order chi connectivity index (χ1) is 8.75. The lowest BCUT2D eigenvalue weighted by molar-refractivity contribution is -0.156. The van der Waals surface area contributed by atoms with Gasteiger partial charge in [-0.05, 0) is 25.0 Å². The maximum absolute atomic E-state index is 11.0. The van der Waals surface area contributed by atoms with Crippen molar-refractivity contribution in [1.82, 2.24) is 0 Å². The van der Waals surface area contributed by atoms with E-state index in [-0.39, 0.29) is 18.2 Å². The molecular formula is C15H16O3. The van der Waals surface area contributed by atoms with Crippen LogP contribution in [0.4, 0.5) is 0 Å². The Balaban J connectivity index is 2.06. The number of carbonyl (C=O) groups is 1. The van der Waals surface area contributed by atoms with E-state index in [0.29, 0.717) is 6.61 Å². The van der Waals surface area contributed by atoms with Crippen molar-refractivity contribution in [3.8, 4) is 11.8 Å². The van der Waals surface area contributed by atoms with Crippen molar-refractivity contribution in [3.05, 3.63) is 35.9 Å². The second kappa shape index (κ2) is 6.23. The Hall–Kier alpha value is -1.79. The number of rotatable bonds is 1. The molecule has 1 aliphatic heterocycles. The second-order valence-corrected chi connectivity index (χ2v) is 4.22. The van der Waals surface area contributed by atoms with Gasteiger partial charge >= 0.3 is 5.97 Å². The molecule has 0 radical (unpaired) electrons. The van der Waals surface area contributed by atoms with Crippen molar-refractivity contribution in [1.29, 1.82) is 0 Å². The molecule has 0 amide bonds. The quantitative estimate of drug-likeness (QED) is 0.561. The molecular weight excluding hydrogens is 228 g/mol. The van der Waals surface area contributed by atoms with Gasteiger partial charge in [-0.1, -0.05) is 30.0 Å². The lowest BCUT2D eigenvalue weighted by Gasteiger charge is -2.27. The normalized spacial score (nSPS) is 22.7. The van der Waals surface area contributed by atoms with Crippen molar-refractivity contribution in [3.63, 3.8) is 0 Å². The Morgan fingerprint density at radius 1 is 1.39 bits per heavy atom. The topological polar surface area (TPSA) is 35.5 Å². The third kappa shape index (κ3) is 3.61. The van der Waals surface area contributed by atoms with E-state index < -0.39 is 0 Å². The van der Waals surface area contributed by atoms with Crippen molar-refractivity contribution in [2.75, 3.05) is 6.61 Å². The first-order valence-corrected chi connectivity index (χ1v) is 6.11. The largest absolute Gasteiger partial charge is 0.459 e. The minimum Gasteiger partial charge on any atom is -0.459 e. The molecule has 0 aliphatic carbocycles. The highest BCUT2D eigenvalue weighted by Crippen LogP contribution is 2.17. The van der Waals surface area contributed by atoms with Crippen LogP contribution in [-0.2, 0) is 14.3 Å². The molecule has 1 aliphatic rings. The van der Waals surface area contributed by atoms with Crippen LogP contribution in [-0.4, -0.2) is 24.8 Å². The molecule has 1 aromatic rings. The van der Waals surface area contributed by atoms with Gasteiger partial charge in [0.1, 0.15) is 6.10 Å². The van der Waals surface area contributed by atoms with Crippen LogP contribution in [0.1, 0.15) is 25.3 Å². The summed E-state index contributed by atoms with van der Waals surface area (Å²) in [6, 6.07) is 9.71. The number of hydrogen-bond donors (Lipinski definition) is 0. The average Bonchev–Trinajstić information content (AvgIpc) is 2.38. The predicted octanol–water partition coefficient (Wildman–Crippen LogP) is 2.15. The van der Waals surface area contributed by atoms with E-state index in [0.717, 1.165) is 18.4 Å². The summed E-state index contributed by atoms with van der Waals surface area (Å²) in [5.41, 5.74) is 0.938. The van der Waals surface area contributed by atoms with Crippen LogP contribution in [0.2, 0.25) is 0 Å². The summed E-state index contributed by atoms with van der Waals surface area (Å²) in [5, 5.41) is 0. The van der Waals surface area contributed by atoms with Crippen LogP contribution in [0.25, 0.3) is 0 Å². The maximum atomic E-state index is 11.0. The van der Waals surface area contributed by atoms with Gasteiger partial charge in [0.25, 0.3) is 0 Å². The molecule has 0 N–H and O–H groups in total. The Morgan fingerprint density at radius 3 is 2.89 bits per heavy atom. The van der Waals surface area contributed by atoms with E-state index in [9.17, 15) is 4.79 Å². The van der Waals surface area contributed by atoms with Gasteiger partial charge in [-0.25, -0.2) is 0 Å². The highest BCUT2D eigenvalue weighted by Gasteiger charge is 2.26. The van der Waals surface area contributed by atoms with E-state index in [1.807, 2.05) is 30.3 Å². The standard InChI is InChI=1S/C15H16O3/c1-12(16)18-15-8-5-11-17-14(15)10-9-13-6-3-2-4-7-13/h2-4,6-7,14-15H,5,8,11H2,1H3/t14-,15-/m1/s1. The van der Waals surface area contributed by atoms with Crippen LogP contribution < -0.4 is 0 Å². The maximum Gasteiger partial charge on any atom is 0.303 e. The van der Waals surface area contributed by atoms with Gasteiger partial charge in [-0.15, -0.1) is 0 Å².